The second-order valence-corrected chi connectivity index (χ2v) is 4.39. The lowest BCUT2D eigenvalue weighted by Gasteiger charge is -2.18. The van der Waals surface area contributed by atoms with E-state index in [9.17, 15) is 9.46 Å². The van der Waals surface area contributed by atoms with Crippen LogP contribution in [0.1, 0.15) is 20.3 Å². The van der Waals surface area contributed by atoms with Gasteiger partial charge in [-0.25, -0.2) is 0 Å². The van der Waals surface area contributed by atoms with Gasteiger partial charge in [-0.1, -0.05) is 13.0 Å². The van der Waals surface area contributed by atoms with Gasteiger partial charge in [0.1, 0.15) is 0 Å². The summed E-state index contributed by atoms with van der Waals surface area (Å²) >= 11 is 0. The molecule has 0 fully saturated rings. The molecule has 0 aromatic carbocycles. The Morgan fingerprint density at radius 1 is 1.64 bits per heavy atom. The van der Waals surface area contributed by atoms with Crippen LogP contribution in [0.5, 0.6) is 0 Å². The molecule has 82 valence electrons. The van der Waals surface area contributed by atoms with E-state index in [0.717, 1.165) is 0 Å². The van der Waals surface area contributed by atoms with E-state index in [0.29, 0.717) is 6.42 Å². The smallest absolute Gasteiger partial charge is 0.393 e. The van der Waals surface area contributed by atoms with Crippen LogP contribution in [0.25, 0.3) is 0 Å². The molecule has 0 heterocycles. The fourth-order valence-electron chi connectivity index (χ4n) is 0.775. The van der Waals surface area contributed by atoms with Crippen molar-refractivity contribution in [3.05, 3.63) is 24.7 Å². The van der Waals surface area contributed by atoms with E-state index in [1.807, 2.05) is 6.92 Å². The van der Waals surface area contributed by atoms with Crippen molar-refractivity contribution in [2.75, 3.05) is 6.61 Å². The summed E-state index contributed by atoms with van der Waals surface area (Å²) in [6, 6.07) is 0. The summed E-state index contributed by atoms with van der Waals surface area (Å²) in [4.78, 5) is 9.41. The van der Waals surface area contributed by atoms with Gasteiger partial charge in [-0.2, -0.15) is 0 Å². The van der Waals surface area contributed by atoms with E-state index in [-0.39, 0.29) is 12.1 Å². The molecule has 5 heteroatoms. The number of hydrogen-bond donors (Lipinski definition) is 1. The van der Waals surface area contributed by atoms with Gasteiger partial charge in [0.2, 0.25) is 5.50 Å². The maximum absolute atomic E-state index is 11.5. The second-order valence-electron chi connectivity index (χ2n) is 2.63. The number of rotatable bonds is 7. The Hall–Kier alpha value is -0.570. The van der Waals surface area contributed by atoms with Crippen molar-refractivity contribution >= 4 is 7.60 Å². The van der Waals surface area contributed by atoms with Gasteiger partial charge in [0.25, 0.3) is 0 Å². The fourth-order valence-corrected chi connectivity index (χ4v) is 1.79. The van der Waals surface area contributed by atoms with E-state index in [1.165, 1.54) is 6.08 Å². The van der Waals surface area contributed by atoms with E-state index in [1.54, 1.807) is 6.92 Å². The molecule has 1 N–H and O–H groups in total. The molecule has 0 aliphatic heterocycles. The first-order chi connectivity index (χ1) is 6.47. The first-order valence-electron chi connectivity index (χ1n) is 4.43. The molecule has 4 nitrogen and oxygen atoms in total. The highest BCUT2D eigenvalue weighted by molar-refractivity contribution is 7.57. The Labute approximate surface area is 84.8 Å². The van der Waals surface area contributed by atoms with Crippen molar-refractivity contribution < 1.29 is 18.7 Å². The molecule has 0 aliphatic rings. The third-order valence-corrected chi connectivity index (χ3v) is 2.89. The van der Waals surface area contributed by atoms with Gasteiger partial charge < -0.3 is 9.63 Å². The van der Waals surface area contributed by atoms with Gasteiger partial charge in [0.05, 0.1) is 12.7 Å². The minimum Gasteiger partial charge on any atom is -0.487 e. The van der Waals surface area contributed by atoms with Crippen molar-refractivity contribution in [1.82, 2.24) is 0 Å². The van der Waals surface area contributed by atoms with Crippen LogP contribution in [-0.2, 0) is 13.8 Å². The zero-order chi connectivity index (χ0) is 11.2. The molecular weight excluding hydrogens is 203 g/mol. The van der Waals surface area contributed by atoms with Crippen LogP contribution in [0.4, 0.5) is 0 Å². The van der Waals surface area contributed by atoms with Crippen LogP contribution in [0.2, 0.25) is 0 Å². The van der Waals surface area contributed by atoms with Crippen molar-refractivity contribution in [1.29, 1.82) is 0 Å². The van der Waals surface area contributed by atoms with E-state index in [4.69, 9.17) is 9.26 Å². The average molecular weight is 220 g/mol. The standard InChI is InChI=1S/C9H17O4P/c1-5-9(6-2)13-14(10,11)8(4)12-7-3/h5,9H,1,4,6-7H2,2-3H3,(H,10,11). The molecule has 0 saturated carbocycles. The van der Waals surface area contributed by atoms with Crippen LogP contribution < -0.4 is 0 Å². The molecule has 0 aliphatic carbocycles. The van der Waals surface area contributed by atoms with E-state index in [2.05, 4.69) is 13.2 Å². The summed E-state index contributed by atoms with van der Waals surface area (Å²) in [6.07, 6.45) is 1.60. The summed E-state index contributed by atoms with van der Waals surface area (Å²) < 4.78 is 21.2. The lowest BCUT2D eigenvalue weighted by atomic mass is 10.3. The Kier molecular flexibility index (Phi) is 5.77. The highest BCUT2D eigenvalue weighted by atomic mass is 31.2. The van der Waals surface area contributed by atoms with Gasteiger partial charge >= 0.3 is 7.60 Å². The van der Waals surface area contributed by atoms with Crippen LogP contribution in [0, 0.1) is 0 Å². The molecule has 0 aromatic rings. The first kappa shape index (κ1) is 13.4. The predicted molar refractivity (Wildman–Crippen MR) is 56.0 cm³/mol. The molecule has 0 rings (SSSR count). The number of hydrogen-bond acceptors (Lipinski definition) is 3. The molecule has 2 unspecified atom stereocenters. The van der Waals surface area contributed by atoms with Crippen molar-refractivity contribution in [2.45, 2.75) is 26.4 Å². The normalized spacial score (nSPS) is 16.8. The van der Waals surface area contributed by atoms with Crippen LogP contribution in [0.15, 0.2) is 24.7 Å². The lowest BCUT2D eigenvalue weighted by Crippen LogP contribution is -2.07. The molecule has 0 saturated heterocycles. The maximum atomic E-state index is 11.5. The Balaban J connectivity index is 4.39. The Bertz CT molecular complexity index is 249. The SMILES string of the molecule is C=CC(CC)OP(=O)(O)C(=C)OCC. The lowest BCUT2D eigenvalue weighted by molar-refractivity contribution is 0.180. The summed E-state index contributed by atoms with van der Waals surface area (Å²) in [5.74, 6) is 0. The molecular formula is C9H17O4P. The Morgan fingerprint density at radius 3 is 2.57 bits per heavy atom. The van der Waals surface area contributed by atoms with Crippen LogP contribution >= 0.6 is 7.60 Å². The zero-order valence-corrected chi connectivity index (χ0v) is 9.50. The Morgan fingerprint density at radius 2 is 2.21 bits per heavy atom. The van der Waals surface area contributed by atoms with Gasteiger partial charge in [-0.15, -0.1) is 6.58 Å². The first-order valence-corrected chi connectivity index (χ1v) is 6.01. The second kappa shape index (κ2) is 6.02. The highest BCUT2D eigenvalue weighted by Gasteiger charge is 2.28. The molecule has 0 radical (unpaired) electrons. The van der Waals surface area contributed by atoms with E-state index < -0.39 is 13.7 Å². The quantitative estimate of drug-likeness (QED) is 0.407. The fraction of sp³-hybridized carbons (Fsp3) is 0.556. The number of ether oxygens (including phenoxy) is 1. The van der Waals surface area contributed by atoms with Gasteiger partial charge in [0.15, 0.2) is 0 Å². The molecule has 0 aromatic heterocycles. The van der Waals surface area contributed by atoms with Crippen LogP contribution in [0.3, 0.4) is 0 Å². The third kappa shape index (κ3) is 4.09. The maximum Gasteiger partial charge on any atom is 0.393 e. The van der Waals surface area contributed by atoms with Crippen LogP contribution in [-0.4, -0.2) is 17.6 Å². The molecule has 0 spiro atoms. The largest absolute Gasteiger partial charge is 0.487 e. The van der Waals surface area contributed by atoms with Crippen molar-refractivity contribution in [3.8, 4) is 0 Å². The predicted octanol–water partition coefficient (Wildman–Crippen LogP) is 2.66. The minimum absolute atomic E-state index is 0.222. The topological polar surface area (TPSA) is 55.8 Å². The average Bonchev–Trinajstić information content (AvgIpc) is 2.14. The van der Waals surface area contributed by atoms with Gasteiger partial charge in [-0.3, -0.25) is 9.09 Å². The summed E-state index contributed by atoms with van der Waals surface area (Å²) in [5.41, 5.74) is -0.222. The zero-order valence-electron chi connectivity index (χ0n) is 8.60. The monoisotopic (exact) mass is 220 g/mol. The van der Waals surface area contributed by atoms with E-state index >= 15 is 0 Å². The van der Waals surface area contributed by atoms with Gasteiger partial charge in [-0.05, 0) is 19.9 Å². The van der Waals surface area contributed by atoms with Gasteiger partial charge in [0, 0.05) is 0 Å². The van der Waals surface area contributed by atoms with Crippen molar-refractivity contribution in [3.63, 3.8) is 0 Å². The minimum atomic E-state index is -3.88. The summed E-state index contributed by atoms with van der Waals surface area (Å²) in [5, 5.41) is 0. The molecule has 14 heavy (non-hydrogen) atoms. The third-order valence-electron chi connectivity index (χ3n) is 1.57. The molecule has 0 amide bonds. The summed E-state index contributed by atoms with van der Waals surface area (Å²) in [6.45, 7) is 10.7. The summed E-state index contributed by atoms with van der Waals surface area (Å²) in [7, 11) is -3.88. The molecule has 0 bridgehead atoms. The van der Waals surface area contributed by atoms with Crippen molar-refractivity contribution in [2.24, 2.45) is 0 Å². The highest BCUT2D eigenvalue weighted by Crippen LogP contribution is 2.51. The molecule has 2 atom stereocenters.